The summed E-state index contributed by atoms with van der Waals surface area (Å²) in [6.07, 6.45) is 5.89. The van der Waals surface area contributed by atoms with Crippen molar-refractivity contribution in [1.82, 2.24) is 0 Å². The lowest BCUT2D eigenvalue weighted by Gasteiger charge is -2.07. The van der Waals surface area contributed by atoms with Crippen molar-refractivity contribution in [3.8, 4) is 5.75 Å². The summed E-state index contributed by atoms with van der Waals surface area (Å²) in [5, 5.41) is 9.74. The second-order valence-electron chi connectivity index (χ2n) is 4.43. The van der Waals surface area contributed by atoms with E-state index in [4.69, 9.17) is 0 Å². The summed E-state index contributed by atoms with van der Waals surface area (Å²) in [4.78, 5) is 0. The van der Waals surface area contributed by atoms with E-state index in [0.29, 0.717) is 5.75 Å². The van der Waals surface area contributed by atoms with Gasteiger partial charge in [-0.05, 0) is 43.0 Å². The smallest absolute Gasteiger partial charge is 0.118 e. The standard InChI is InChI=1S/C15H22O/c1-4-5-6-7-8-14-11-13(12(2)3)9-10-15(14)16/h9-11,16H,2,4-8H2,1,3H3. The Hall–Kier alpha value is -1.24. The first-order valence-corrected chi connectivity index (χ1v) is 6.13. The molecule has 0 saturated carbocycles. The van der Waals surface area contributed by atoms with Gasteiger partial charge < -0.3 is 5.11 Å². The molecular formula is C15H22O. The fourth-order valence-electron chi connectivity index (χ4n) is 1.79. The maximum Gasteiger partial charge on any atom is 0.118 e. The number of hydrogen-bond donors (Lipinski definition) is 1. The van der Waals surface area contributed by atoms with E-state index in [0.717, 1.165) is 29.5 Å². The van der Waals surface area contributed by atoms with Crippen molar-refractivity contribution in [3.63, 3.8) is 0 Å². The molecule has 0 aliphatic heterocycles. The molecule has 0 bridgehead atoms. The minimum atomic E-state index is 0.418. The molecule has 1 N–H and O–H groups in total. The Morgan fingerprint density at radius 3 is 2.62 bits per heavy atom. The monoisotopic (exact) mass is 218 g/mol. The molecule has 0 unspecified atom stereocenters. The summed E-state index contributed by atoms with van der Waals surface area (Å²) in [7, 11) is 0. The Bertz CT molecular complexity index is 352. The van der Waals surface area contributed by atoms with Crippen molar-refractivity contribution in [2.75, 3.05) is 0 Å². The van der Waals surface area contributed by atoms with Gasteiger partial charge in [-0.3, -0.25) is 0 Å². The Labute approximate surface area is 98.8 Å². The molecule has 1 nitrogen and oxygen atoms in total. The fourth-order valence-corrected chi connectivity index (χ4v) is 1.79. The molecular weight excluding hydrogens is 196 g/mol. The predicted octanol–water partition coefficient (Wildman–Crippen LogP) is 4.55. The van der Waals surface area contributed by atoms with Crippen molar-refractivity contribution in [3.05, 3.63) is 35.9 Å². The third kappa shape index (κ3) is 3.73. The molecule has 0 atom stereocenters. The Morgan fingerprint density at radius 1 is 1.25 bits per heavy atom. The molecule has 0 fully saturated rings. The highest BCUT2D eigenvalue weighted by atomic mass is 16.3. The van der Waals surface area contributed by atoms with Gasteiger partial charge in [0.15, 0.2) is 0 Å². The summed E-state index contributed by atoms with van der Waals surface area (Å²) in [5.41, 5.74) is 3.23. The molecule has 1 aromatic rings. The molecule has 16 heavy (non-hydrogen) atoms. The van der Waals surface area contributed by atoms with E-state index in [1.807, 2.05) is 13.0 Å². The molecule has 0 spiro atoms. The molecule has 0 heterocycles. The van der Waals surface area contributed by atoms with Gasteiger partial charge in [-0.1, -0.05) is 44.4 Å². The largest absolute Gasteiger partial charge is 0.508 e. The first-order valence-electron chi connectivity index (χ1n) is 6.13. The van der Waals surface area contributed by atoms with Gasteiger partial charge in [0.2, 0.25) is 0 Å². The first-order chi connectivity index (χ1) is 7.65. The highest BCUT2D eigenvalue weighted by molar-refractivity contribution is 5.63. The normalized spacial score (nSPS) is 10.4. The first kappa shape index (κ1) is 12.8. The topological polar surface area (TPSA) is 20.2 Å². The van der Waals surface area contributed by atoms with Crippen LogP contribution in [0, 0.1) is 0 Å². The van der Waals surface area contributed by atoms with Crippen LogP contribution < -0.4 is 0 Å². The Kier molecular flexibility index (Phi) is 5.10. The summed E-state index contributed by atoms with van der Waals surface area (Å²) < 4.78 is 0. The summed E-state index contributed by atoms with van der Waals surface area (Å²) >= 11 is 0. The molecule has 0 amide bonds. The average Bonchev–Trinajstić information content (AvgIpc) is 2.26. The lowest BCUT2D eigenvalue weighted by molar-refractivity contribution is 0.466. The molecule has 1 rings (SSSR count). The number of phenols is 1. The molecule has 0 aromatic heterocycles. The maximum absolute atomic E-state index is 9.74. The average molecular weight is 218 g/mol. The van der Waals surface area contributed by atoms with Gasteiger partial charge in [-0.25, -0.2) is 0 Å². The van der Waals surface area contributed by atoms with Crippen LogP contribution in [0.25, 0.3) is 5.57 Å². The van der Waals surface area contributed by atoms with Gasteiger partial charge in [-0.15, -0.1) is 0 Å². The zero-order chi connectivity index (χ0) is 12.0. The predicted molar refractivity (Wildman–Crippen MR) is 70.7 cm³/mol. The van der Waals surface area contributed by atoms with E-state index in [9.17, 15) is 5.11 Å². The van der Waals surface area contributed by atoms with E-state index >= 15 is 0 Å². The van der Waals surface area contributed by atoms with E-state index in [-0.39, 0.29) is 0 Å². The summed E-state index contributed by atoms with van der Waals surface area (Å²) in [6.45, 7) is 8.13. The van der Waals surface area contributed by atoms with Crippen LogP contribution in [0.3, 0.4) is 0 Å². The summed E-state index contributed by atoms with van der Waals surface area (Å²) in [5.74, 6) is 0.418. The van der Waals surface area contributed by atoms with Crippen LogP contribution in [0.1, 0.15) is 50.7 Å². The third-order valence-corrected chi connectivity index (χ3v) is 2.87. The third-order valence-electron chi connectivity index (χ3n) is 2.87. The Morgan fingerprint density at radius 2 is 2.00 bits per heavy atom. The molecule has 0 aliphatic carbocycles. The van der Waals surface area contributed by atoms with Gasteiger partial charge in [-0.2, -0.15) is 0 Å². The zero-order valence-corrected chi connectivity index (χ0v) is 10.4. The van der Waals surface area contributed by atoms with Crippen LogP contribution >= 0.6 is 0 Å². The van der Waals surface area contributed by atoms with Gasteiger partial charge in [0.1, 0.15) is 5.75 Å². The fraction of sp³-hybridized carbons (Fsp3) is 0.467. The van der Waals surface area contributed by atoms with E-state index in [1.54, 1.807) is 6.07 Å². The number of rotatable bonds is 6. The quantitative estimate of drug-likeness (QED) is 0.694. The number of benzene rings is 1. The van der Waals surface area contributed by atoms with Crippen molar-refractivity contribution < 1.29 is 5.11 Å². The van der Waals surface area contributed by atoms with Gasteiger partial charge in [0, 0.05) is 0 Å². The molecule has 1 heteroatoms. The van der Waals surface area contributed by atoms with Crippen molar-refractivity contribution in [2.24, 2.45) is 0 Å². The number of aryl methyl sites for hydroxylation is 1. The number of aromatic hydroxyl groups is 1. The molecule has 0 saturated heterocycles. The molecule has 88 valence electrons. The van der Waals surface area contributed by atoms with Gasteiger partial charge in [0.25, 0.3) is 0 Å². The van der Waals surface area contributed by atoms with Crippen LogP contribution in [0.15, 0.2) is 24.8 Å². The van der Waals surface area contributed by atoms with Gasteiger partial charge in [0.05, 0.1) is 0 Å². The number of hydrogen-bond acceptors (Lipinski definition) is 1. The zero-order valence-electron chi connectivity index (χ0n) is 10.4. The highest BCUT2D eigenvalue weighted by Crippen LogP contribution is 2.23. The highest BCUT2D eigenvalue weighted by Gasteiger charge is 2.03. The molecule has 1 aromatic carbocycles. The number of allylic oxidation sites excluding steroid dienone is 1. The minimum Gasteiger partial charge on any atom is -0.508 e. The minimum absolute atomic E-state index is 0.418. The maximum atomic E-state index is 9.74. The SMILES string of the molecule is C=C(C)c1ccc(O)c(CCCCCC)c1. The molecule has 0 radical (unpaired) electrons. The van der Waals surface area contributed by atoms with Crippen LogP contribution in [-0.2, 0) is 6.42 Å². The van der Waals surface area contributed by atoms with E-state index < -0.39 is 0 Å². The second-order valence-corrected chi connectivity index (χ2v) is 4.43. The summed E-state index contributed by atoms with van der Waals surface area (Å²) in [6, 6.07) is 5.76. The van der Waals surface area contributed by atoms with Crippen LogP contribution in [-0.4, -0.2) is 5.11 Å². The lowest BCUT2D eigenvalue weighted by Crippen LogP contribution is -1.89. The van der Waals surface area contributed by atoms with Crippen molar-refractivity contribution in [2.45, 2.75) is 46.0 Å². The van der Waals surface area contributed by atoms with Gasteiger partial charge >= 0.3 is 0 Å². The van der Waals surface area contributed by atoms with Crippen LogP contribution in [0.2, 0.25) is 0 Å². The van der Waals surface area contributed by atoms with Crippen LogP contribution in [0.5, 0.6) is 5.75 Å². The number of unbranched alkanes of at least 4 members (excludes halogenated alkanes) is 3. The lowest BCUT2D eigenvalue weighted by atomic mass is 10.0. The second kappa shape index (κ2) is 6.37. The van der Waals surface area contributed by atoms with E-state index in [1.165, 1.54) is 19.3 Å². The van der Waals surface area contributed by atoms with E-state index in [2.05, 4.69) is 19.6 Å². The van der Waals surface area contributed by atoms with Crippen molar-refractivity contribution >= 4 is 5.57 Å². The molecule has 0 aliphatic rings. The van der Waals surface area contributed by atoms with Crippen LogP contribution in [0.4, 0.5) is 0 Å². The van der Waals surface area contributed by atoms with Crippen molar-refractivity contribution in [1.29, 1.82) is 0 Å². The number of phenolic OH excluding ortho intramolecular Hbond substituents is 1. The Balaban J connectivity index is 2.63.